The molecule has 0 spiro atoms. The van der Waals surface area contributed by atoms with Gasteiger partial charge in [-0.05, 0) is 25.5 Å². The smallest absolute Gasteiger partial charge is 0.211 e. The van der Waals surface area contributed by atoms with Gasteiger partial charge in [-0.15, -0.1) is 0 Å². The highest BCUT2D eigenvalue weighted by atomic mass is 32.2. The van der Waals surface area contributed by atoms with Crippen molar-refractivity contribution in [3.8, 4) is 0 Å². The number of hydrogen-bond acceptors (Lipinski definition) is 2. The van der Waals surface area contributed by atoms with E-state index in [4.69, 9.17) is 0 Å². The topological polar surface area (TPSA) is 46.2 Å². The molecule has 3 nitrogen and oxygen atoms in total. The minimum absolute atomic E-state index is 0.356. The van der Waals surface area contributed by atoms with E-state index in [9.17, 15) is 8.42 Å². The van der Waals surface area contributed by atoms with Gasteiger partial charge in [-0.1, -0.05) is 76.0 Å². The lowest BCUT2D eigenvalue weighted by Gasteiger charge is -2.07. The molecule has 0 amide bonds. The Morgan fingerprint density at radius 3 is 1.86 bits per heavy atom. The zero-order valence-electron chi connectivity index (χ0n) is 14.1. The molecular formula is C18H31NO2S. The molecule has 1 N–H and O–H groups in total. The van der Waals surface area contributed by atoms with Gasteiger partial charge in [0.2, 0.25) is 10.0 Å². The number of unbranched alkanes of at least 4 members (excludes halogenated alkanes) is 8. The molecule has 126 valence electrons. The largest absolute Gasteiger partial charge is 0.240 e. The second kappa shape index (κ2) is 10.8. The SMILES string of the molecule is CCCCCCCCCCCNS(=O)(=O)c1ccc(C)cc1. The van der Waals surface area contributed by atoms with E-state index in [1.54, 1.807) is 12.1 Å². The van der Waals surface area contributed by atoms with Gasteiger partial charge in [-0.3, -0.25) is 0 Å². The van der Waals surface area contributed by atoms with Gasteiger partial charge in [0.25, 0.3) is 0 Å². The van der Waals surface area contributed by atoms with E-state index in [1.165, 1.54) is 44.9 Å². The van der Waals surface area contributed by atoms with Gasteiger partial charge < -0.3 is 0 Å². The summed E-state index contributed by atoms with van der Waals surface area (Å²) in [5, 5.41) is 0. The first kappa shape index (κ1) is 19.2. The Kier molecular flexibility index (Phi) is 9.41. The van der Waals surface area contributed by atoms with Gasteiger partial charge in [-0.25, -0.2) is 13.1 Å². The minimum Gasteiger partial charge on any atom is -0.211 e. The number of hydrogen-bond donors (Lipinski definition) is 1. The summed E-state index contributed by atoms with van der Waals surface area (Å²) in [6.45, 7) is 4.72. The van der Waals surface area contributed by atoms with Crippen molar-refractivity contribution in [2.75, 3.05) is 6.54 Å². The number of sulfonamides is 1. The lowest BCUT2D eigenvalue weighted by molar-refractivity contribution is 0.554. The van der Waals surface area contributed by atoms with Crippen LogP contribution >= 0.6 is 0 Å². The fraction of sp³-hybridized carbons (Fsp3) is 0.667. The average molecular weight is 326 g/mol. The maximum atomic E-state index is 12.1. The third-order valence-electron chi connectivity index (χ3n) is 3.90. The Morgan fingerprint density at radius 1 is 0.818 bits per heavy atom. The van der Waals surface area contributed by atoms with Crippen LogP contribution in [0.1, 0.15) is 70.3 Å². The first-order valence-electron chi connectivity index (χ1n) is 8.62. The van der Waals surface area contributed by atoms with E-state index in [0.29, 0.717) is 11.4 Å². The first-order valence-corrected chi connectivity index (χ1v) is 10.1. The second-order valence-electron chi connectivity index (χ2n) is 6.04. The zero-order chi connectivity index (χ0) is 16.3. The molecule has 0 aliphatic rings. The third kappa shape index (κ3) is 7.95. The summed E-state index contributed by atoms with van der Waals surface area (Å²) < 4.78 is 26.8. The molecule has 4 heteroatoms. The van der Waals surface area contributed by atoms with E-state index in [-0.39, 0.29) is 0 Å². The van der Waals surface area contributed by atoms with E-state index in [1.807, 2.05) is 19.1 Å². The lowest BCUT2D eigenvalue weighted by Crippen LogP contribution is -2.24. The van der Waals surface area contributed by atoms with Crippen LogP contribution in [0.5, 0.6) is 0 Å². The van der Waals surface area contributed by atoms with Crippen LogP contribution in [0.15, 0.2) is 29.2 Å². The van der Waals surface area contributed by atoms with Crippen LogP contribution in [-0.2, 0) is 10.0 Å². The predicted octanol–water partition coefficient (Wildman–Crippen LogP) is 4.80. The van der Waals surface area contributed by atoms with Gasteiger partial charge in [-0.2, -0.15) is 0 Å². The molecule has 0 saturated heterocycles. The molecule has 0 heterocycles. The summed E-state index contributed by atoms with van der Waals surface area (Å²) in [6, 6.07) is 6.97. The quantitative estimate of drug-likeness (QED) is 0.561. The Hall–Kier alpha value is -0.870. The molecule has 0 atom stereocenters. The standard InChI is InChI=1S/C18H31NO2S/c1-3-4-5-6-7-8-9-10-11-16-19-22(20,21)18-14-12-17(2)13-15-18/h12-15,19H,3-11,16H2,1-2H3. The van der Waals surface area contributed by atoms with Crippen LogP contribution in [0.4, 0.5) is 0 Å². The normalized spacial score (nSPS) is 11.7. The Balaban J connectivity index is 2.10. The van der Waals surface area contributed by atoms with Gasteiger partial charge in [0.05, 0.1) is 4.90 Å². The second-order valence-corrected chi connectivity index (χ2v) is 7.81. The Labute approximate surface area is 136 Å². The molecule has 0 fully saturated rings. The van der Waals surface area contributed by atoms with Crippen molar-refractivity contribution in [1.82, 2.24) is 4.72 Å². The predicted molar refractivity (Wildman–Crippen MR) is 93.6 cm³/mol. The molecular weight excluding hydrogens is 294 g/mol. The third-order valence-corrected chi connectivity index (χ3v) is 5.38. The van der Waals surface area contributed by atoms with E-state index >= 15 is 0 Å². The summed E-state index contributed by atoms with van der Waals surface area (Å²) in [5.74, 6) is 0. The highest BCUT2D eigenvalue weighted by molar-refractivity contribution is 7.89. The van der Waals surface area contributed by atoms with E-state index < -0.39 is 10.0 Å². The molecule has 1 aromatic rings. The summed E-state index contributed by atoms with van der Waals surface area (Å²) in [5.41, 5.74) is 1.07. The van der Waals surface area contributed by atoms with Crippen LogP contribution in [0, 0.1) is 6.92 Å². The average Bonchev–Trinajstić information content (AvgIpc) is 2.49. The molecule has 0 aliphatic heterocycles. The van der Waals surface area contributed by atoms with Gasteiger partial charge in [0.1, 0.15) is 0 Å². The Bertz CT molecular complexity index is 494. The maximum Gasteiger partial charge on any atom is 0.240 e. The van der Waals surface area contributed by atoms with Crippen molar-refractivity contribution in [2.24, 2.45) is 0 Å². The zero-order valence-corrected chi connectivity index (χ0v) is 14.9. The van der Waals surface area contributed by atoms with E-state index in [0.717, 1.165) is 18.4 Å². The molecule has 0 radical (unpaired) electrons. The molecule has 1 aromatic carbocycles. The Morgan fingerprint density at radius 2 is 1.32 bits per heavy atom. The fourth-order valence-electron chi connectivity index (χ4n) is 2.44. The van der Waals surface area contributed by atoms with Crippen molar-refractivity contribution in [2.45, 2.75) is 76.5 Å². The van der Waals surface area contributed by atoms with Crippen molar-refractivity contribution >= 4 is 10.0 Å². The molecule has 22 heavy (non-hydrogen) atoms. The van der Waals surface area contributed by atoms with Crippen molar-refractivity contribution in [3.63, 3.8) is 0 Å². The number of nitrogens with one attached hydrogen (secondary N) is 1. The highest BCUT2D eigenvalue weighted by Crippen LogP contribution is 2.11. The summed E-state index contributed by atoms with van der Waals surface area (Å²) in [6.07, 6.45) is 11.1. The van der Waals surface area contributed by atoms with Gasteiger partial charge >= 0.3 is 0 Å². The molecule has 0 saturated carbocycles. The van der Waals surface area contributed by atoms with Crippen LogP contribution in [-0.4, -0.2) is 15.0 Å². The molecule has 1 rings (SSSR count). The van der Waals surface area contributed by atoms with Crippen LogP contribution in [0.3, 0.4) is 0 Å². The highest BCUT2D eigenvalue weighted by Gasteiger charge is 2.12. The van der Waals surface area contributed by atoms with Gasteiger partial charge in [0.15, 0.2) is 0 Å². The first-order chi connectivity index (χ1) is 10.6. The maximum absolute atomic E-state index is 12.1. The molecule has 0 aromatic heterocycles. The van der Waals surface area contributed by atoms with E-state index in [2.05, 4.69) is 11.6 Å². The van der Waals surface area contributed by atoms with Crippen LogP contribution in [0.25, 0.3) is 0 Å². The van der Waals surface area contributed by atoms with Crippen LogP contribution in [0.2, 0.25) is 0 Å². The van der Waals surface area contributed by atoms with Crippen molar-refractivity contribution < 1.29 is 8.42 Å². The van der Waals surface area contributed by atoms with Gasteiger partial charge in [0, 0.05) is 6.54 Å². The lowest BCUT2D eigenvalue weighted by atomic mass is 10.1. The molecule has 0 aliphatic carbocycles. The minimum atomic E-state index is -3.33. The van der Waals surface area contributed by atoms with Crippen molar-refractivity contribution in [1.29, 1.82) is 0 Å². The number of rotatable bonds is 12. The number of aryl methyl sites for hydroxylation is 1. The fourth-order valence-corrected chi connectivity index (χ4v) is 3.52. The number of benzene rings is 1. The van der Waals surface area contributed by atoms with Crippen LogP contribution < -0.4 is 4.72 Å². The summed E-state index contributed by atoms with van der Waals surface area (Å²) >= 11 is 0. The summed E-state index contributed by atoms with van der Waals surface area (Å²) in [7, 11) is -3.33. The van der Waals surface area contributed by atoms with Crippen molar-refractivity contribution in [3.05, 3.63) is 29.8 Å². The monoisotopic (exact) mass is 325 g/mol. The molecule has 0 unspecified atom stereocenters. The summed E-state index contributed by atoms with van der Waals surface area (Å²) in [4.78, 5) is 0.356. The molecule has 0 bridgehead atoms.